The van der Waals surface area contributed by atoms with Gasteiger partial charge in [0.05, 0.1) is 15.6 Å². The zero-order chi connectivity index (χ0) is 16.4. The van der Waals surface area contributed by atoms with Crippen molar-refractivity contribution < 1.29 is 0 Å². The number of aromatic nitrogens is 1. The molecule has 0 atom stereocenters. The summed E-state index contributed by atoms with van der Waals surface area (Å²) in [6.45, 7) is 0.696. The molecule has 0 radical (unpaired) electrons. The minimum atomic E-state index is 0.548. The van der Waals surface area contributed by atoms with Gasteiger partial charge in [0.1, 0.15) is 0 Å². The number of hydrogen-bond donors (Lipinski definition) is 2. The van der Waals surface area contributed by atoms with Gasteiger partial charge in [0.25, 0.3) is 0 Å². The molecule has 0 unspecified atom stereocenters. The van der Waals surface area contributed by atoms with Crippen LogP contribution in [0.15, 0.2) is 36.4 Å². The highest BCUT2D eigenvalue weighted by Crippen LogP contribution is 2.38. The Kier molecular flexibility index (Phi) is 5.17. The topological polar surface area (TPSA) is 41.8 Å². The van der Waals surface area contributed by atoms with Gasteiger partial charge in [-0.3, -0.25) is 0 Å². The number of halogens is 3. The lowest BCUT2D eigenvalue weighted by Crippen LogP contribution is -1.99. The lowest BCUT2D eigenvalue weighted by atomic mass is 10.0. The van der Waals surface area contributed by atoms with Crippen LogP contribution in [0.1, 0.15) is 18.4 Å². The molecule has 0 aliphatic carbocycles. The van der Waals surface area contributed by atoms with Gasteiger partial charge in [-0.1, -0.05) is 53.0 Å². The number of nitrogens with two attached hydrogens (primary N) is 1. The van der Waals surface area contributed by atoms with Gasteiger partial charge in [-0.15, -0.1) is 0 Å². The highest BCUT2D eigenvalue weighted by molar-refractivity contribution is 6.45. The summed E-state index contributed by atoms with van der Waals surface area (Å²) in [5.41, 5.74) is 9.82. The molecule has 3 aromatic rings. The molecule has 0 amide bonds. The first-order chi connectivity index (χ1) is 11.1. The van der Waals surface area contributed by atoms with Crippen LogP contribution in [-0.2, 0) is 6.42 Å². The maximum atomic E-state index is 6.38. The van der Waals surface area contributed by atoms with Crippen LogP contribution in [0.5, 0.6) is 0 Å². The second-order valence-electron chi connectivity index (χ2n) is 5.52. The van der Waals surface area contributed by atoms with Crippen LogP contribution < -0.4 is 5.73 Å². The molecule has 0 spiro atoms. The summed E-state index contributed by atoms with van der Waals surface area (Å²) in [5.74, 6) is 0. The highest BCUT2D eigenvalue weighted by atomic mass is 35.5. The molecular weight excluding hydrogens is 351 g/mol. The summed E-state index contributed by atoms with van der Waals surface area (Å²) in [5, 5.41) is 2.91. The second-order valence-corrected chi connectivity index (χ2v) is 6.74. The first kappa shape index (κ1) is 16.7. The van der Waals surface area contributed by atoms with Crippen molar-refractivity contribution in [2.45, 2.75) is 19.3 Å². The summed E-state index contributed by atoms with van der Waals surface area (Å²) >= 11 is 18.7. The third-order valence-corrected chi connectivity index (χ3v) is 5.01. The van der Waals surface area contributed by atoms with Crippen LogP contribution in [0, 0.1) is 0 Å². The van der Waals surface area contributed by atoms with E-state index in [1.54, 1.807) is 0 Å². The average Bonchev–Trinajstić information content (AvgIpc) is 2.91. The van der Waals surface area contributed by atoms with Crippen molar-refractivity contribution in [1.29, 1.82) is 0 Å². The van der Waals surface area contributed by atoms with Gasteiger partial charge in [-0.05, 0) is 55.1 Å². The maximum absolute atomic E-state index is 6.38. The molecule has 0 aliphatic heterocycles. The van der Waals surface area contributed by atoms with Crippen molar-refractivity contribution in [3.8, 4) is 11.3 Å². The first-order valence-electron chi connectivity index (χ1n) is 7.56. The monoisotopic (exact) mass is 366 g/mol. The molecule has 23 heavy (non-hydrogen) atoms. The fraction of sp³-hybridized carbons (Fsp3) is 0.222. The molecular formula is C18H17Cl3N2. The Bertz CT molecular complexity index is 840. The zero-order valence-corrected chi connectivity index (χ0v) is 14.8. The molecule has 0 saturated heterocycles. The van der Waals surface area contributed by atoms with E-state index in [0.29, 0.717) is 21.6 Å². The molecule has 3 rings (SSSR count). The first-order valence-corrected chi connectivity index (χ1v) is 8.69. The van der Waals surface area contributed by atoms with E-state index in [9.17, 15) is 0 Å². The molecule has 0 aliphatic rings. The van der Waals surface area contributed by atoms with Gasteiger partial charge < -0.3 is 10.7 Å². The smallest absolute Gasteiger partial charge is 0.0833 e. The predicted molar refractivity (Wildman–Crippen MR) is 101 cm³/mol. The Hall–Kier alpha value is -1.19. The number of nitrogens with one attached hydrogen (secondary N) is 1. The zero-order valence-electron chi connectivity index (χ0n) is 12.5. The van der Waals surface area contributed by atoms with Crippen molar-refractivity contribution in [3.05, 3.63) is 57.0 Å². The maximum Gasteiger partial charge on any atom is 0.0833 e. The molecule has 2 aromatic carbocycles. The van der Waals surface area contributed by atoms with Gasteiger partial charge in [0, 0.05) is 16.1 Å². The van der Waals surface area contributed by atoms with Gasteiger partial charge in [0.2, 0.25) is 0 Å². The van der Waals surface area contributed by atoms with E-state index >= 15 is 0 Å². The quantitative estimate of drug-likeness (QED) is 0.527. The number of H-pyrrole nitrogens is 1. The van der Waals surface area contributed by atoms with E-state index in [1.165, 1.54) is 5.56 Å². The van der Waals surface area contributed by atoms with Crippen molar-refractivity contribution in [2.75, 3.05) is 6.54 Å². The fourth-order valence-electron chi connectivity index (χ4n) is 2.86. The van der Waals surface area contributed by atoms with Crippen LogP contribution in [0.4, 0.5) is 0 Å². The van der Waals surface area contributed by atoms with E-state index < -0.39 is 0 Å². The fourth-order valence-corrected chi connectivity index (χ4v) is 3.42. The van der Waals surface area contributed by atoms with Crippen LogP contribution in [0.3, 0.4) is 0 Å². The number of aromatic amines is 1. The van der Waals surface area contributed by atoms with Crippen molar-refractivity contribution in [3.63, 3.8) is 0 Å². The van der Waals surface area contributed by atoms with Gasteiger partial charge in [-0.2, -0.15) is 0 Å². The van der Waals surface area contributed by atoms with Gasteiger partial charge in [0.15, 0.2) is 0 Å². The van der Waals surface area contributed by atoms with Gasteiger partial charge in [-0.25, -0.2) is 0 Å². The second kappa shape index (κ2) is 7.14. The van der Waals surface area contributed by atoms with Crippen molar-refractivity contribution >= 4 is 45.7 Å². The molecule has 1 heterocycles. The van der Waals surface area contributed by atoms with Gasteiger partial charge >= 0.3 is 0 Å². The lowest BCUT2D eigenvalue weighted by molar-refractivity contribution is 0.748. The lowest BCUT2D eigenvalue weighted by Gasteiger charge is -2.06. The summed E-state index contributed by atoms with van der Waals surface area (Å²) < 4.78 is 0. The van der Waals surface area contributed by atoms with E-state index in [4.69, 9.17) is 40.5 Å². The Labute approximate surface area is 150 Å². The Morgan fingerprint density at radius 3 is 2.57 bits per heavy atom. The van der Waals surface area contributed by atoms with E-state index in [1.807, 2.05) is 36.4 Å². The molecule has 0 bridgehead atoms. The van der Waals surface area contributed by atoms with Crippen LogP contribution >= 0.6 is 34.8 Å². The van der Waals surface area contributed by atoms with E-state index in [0.717, 1.165) is 41.4 Å². The molecule has 2 nitrogen and oxygen atoms in total. The molecule has 1 aromatic heterocycles. The van der Waals surface area contributed by atoms with Crippen LogP contribution in [0.25, 0.3) is 22.2 Å². The molecule has 0 fully saturated rings. The van der Waals surface area contributed by atoms with Crippen LogP contribution in [0.2, 0.25) is 15.1 Å². The number of aryl methyl sites for hydroxylation is 1. The highest BCUT2D eigenvalue weighted by Gasteiger charge is 2.16. The Morgan fingerprint density at radius 2 is 1.83 bits per heavy atom. The van der Waals surface area contributed by atoms with E-state index in [-0.39, 0.29) is 0 Å². The van der Waals surface area contributed by atoms with Crippen molar-refractivity contribution in [1.82, 2.24) is 4.98 Å². The summed E-state index contributed by atoms with van der Waals surface area (Å²) in [6, 6.07) is 11.7. The largest absolute Gasteiger partial charge is 0.353 e. The number of hydrogen-bond acceptors (Lipinski definition) is 1. The number of benzene rings is 2. The number of unbranched alkanes of at least 4 members (excludes halogenated alkanes) is 1. The minimum Gasteiger partial charge on any atom is -0.353 e. The minimum absolute atomic E-state index is 0.548. The Morgan fingerprint density at radius 1 is 1.00 bits per heavy atom. The predicted octanol–water partition coefficient (Wildman–Crippen LogP) is 6.08. The molecule has 120 valence electrons. The summed E-state index contributed by atoms with van der Waals surface area (Å²) in [6.07, 6.45) is 2.94. The van der Waals surface area contributed by atoms with E-state index in [2.05, 4.69) is 4.98 Å². The molecule has 5 heteroatoms. The summed E-state index contributed by atoms with van der Waals surface area (Å²) in [4.78, 5) is 3.44. The normalized spacial score (nSPS) is 11.3. The third kappa shape index (κ3) is 3.36. The molecule has 0 saturated carbocycles. The third-order valence-electron chi connectivity index (χ3n) is 3.97. The standard InChI is InChI=1S/C18H17Cl3N2/c19-12-5-3-4-11(10-12)17-13(6-1-2-9-22)14-7-8-15(20)16(21)18(14)23-17/h3-5,7-8,10,23H,1-2,6,9,22H2. The average molecular weight is 368 g/mol. The molecule has 3 N–H and O–H groups in total. The number of fused-ring (bicyclic) bond motifs is 1. The summed E-state index contributed by atoms with van der Waals surface area (Å²) in [7, 11) is 0. The Balaban J connectivity index is 2.18. The number of rotatable bonds is 5. The van der Waals surface area contributed by atoms with Crippen LogP contribution in [-0.4, -0.2) is 11.5 Å². The van der Waals surface area contributed by atoms with Crippen molar-refractivity contribution in [2.24, 2.45) is 5.73 Å². The SMILES string of the molecule is NCCCCc1c(-c2cccc(Cl)c2)[nH]c2c(Cl)c(Cl)ccc12.